The first kappa shape index (κ1) is 16.6. The summed E-state index contributed by atoms with van der Waals surface area (Å²) in [6.07, 6.45) is 0. The molecule has 0 aliphatic rings. The third-order valence-corrected chi connectivity index (χ3v) is 4.66. The predicted molar refractivity (Wildman–Crippen MR) is 66.5 cm³/mol. The summed E-state index contributed by atoms with van der Waals surface area (Å²) in [5.74, 6) is 0.549. The minimum atomic E-state index is -2.99. The van der Waals surface area contributed by atoms with Crippen LogP contribution in [-0.4, -0.2) is 37.5 Å². The number of rotatable bonds is 4. The van der Waals surface area contributed by atoms with Crippen LogP contribution in [0.4, 0.5) is 0 Å². The summed E-state index contributed by atoms with van der Waals surface area (Å²) < 4.78 is 21.3. The van der Waals surface area contributed by atoms with E-state index < -0.39 is 7.67 Å². The second kappa shape index (κ2) is 6.54. The Morgan fingerprint density at radius 2 is 1.59 bits per heavy atom. The molecule has 0 unspecified atom stereocenters. The Balaban J connectivity index is 0.00000256. The Bertz CT molecular complexity index is 398. The molecular formula is C11H18LiN2O2P. The van der Waals surface area contributed by atoms with E-state index in [1.54, 1.807) is 43.6 Å². The zero-order valence-corrected chi connectivity index (χ0v) is 12.1. The van der Waals surface area contributed by atoms with Crippen LogP contribution in [0.1, 0.15) is 5.56 Å². The van der Waals surface area contributed by atoms with Crippen LogP contribution in [0.3, 0.4) is 0 Å². The first-order chi connectivity index (χ1) is 7.38. The Labute approximate surface area is 116 Å². The van der Waals surface area contributed by atoms with Gasteiger partial charge >= 0.3 is 26.5 Å². The molecule has 0 aliphatic carbocycles. The van der Waals surface area contributed by atoms with E-state index >= 15 is 0 Å². The molecule has 0 saturated carbocycles. The van der Waals surface area contributed by atoms with Gasteiger partial charge in [-0.25, -0.2) is 13.9 Å². The second-order valence-corrected chi connectivity index (χ2v) is 6.65. The molecule has 90 valence electrons. The summed E-state index contributed by atoms with van der Waals surface area (Å²) in [6, 6.07) is 7.29. The van der Waals surface area contributed by atoms with Crippen LogP contribution in [0.2, 0.25) is 0 Å². The molecule has 0 aromatic heterocycles. The van der Waals surface area contributed by atoms with Gasteiger partial charge in [-0.1, -0.05) is 12.1 Å². The fraction of sp³-hybridized carbons (Fsp3) is 0.364. The summed E-state index contributed by atoms with van der Waals surface area (Å²) in [5.41, 5.74) is 0.728. The first-order valence-electron chi connectivity index (χ1n) is 4.94. The van der Waals surface area contributed by atoms with Gasteiger partial charge in [-0.3, -0.25) is 0 Å². The van der Waals surface area contributed by atoms with Gasteiger partial charge in [0.25, 0.3) is 0 Å². The predicted octanol–water partition coefficient (Wildman–Crippen LogP) is -0.517. The third-order valence-electron chi connectivity index (χ3n) is 2.20. The number of hydrogen-bond donors (Lipinski definition) is 0. The van der Waals surface area contributed by atoms with Gasteiger partial charge in [-0.05, 0) is 28.2 Å². The van der Waals surface area contributed by atoms with E-state index in [0.717, 1.165) is 5.56 Å². The van der Waals surface area contributed by atoms with Gasteiger partial charge in [0.05, 0.1) is 0 Å². The van der Waals surface area contributed by atoms with Gasteiger partial charge in [-0.2, -0.15) is 18.6 Å². The molecule has 0 heterocycles. The molecule has 0 radical (unpaired) electrons. The fourth-order valence-corrected chi connectivity index (χ4v) is 2.72. The summed E-state index contributed by atoms with van der Waals surface area (Å²) in [6.45, 7) is 3.84. The maximum Gasteiger partial charge on any atom is 1.00 e. The smallest absolute Gasteiger partial charge is 0.485 e. The van der Waals surface area contributed by atoms with Crippen LogP contribution in [-0.2, 0) is 4.57 Å². The second-order valence-electron chi connectivity index (χ2n) is 3.88. The largest absolute Gasteiger partial charge is 1.00 e. The van der Waals surface area contributed by atoms with Crippen molar-refractivity contribution in [2.75, 3.05) is 28.2 Å². The van der Waals surface area contributed by atoms with E-state index in [1.165, 1.54) is 0 Å². The topological polar surface area (TPSA) is 32.8 Å². The number of para-hydroxylation sites is 1. The SMILES string of the molecule is [CH2-]c1ccccc1OP(=O)(N(C)C)N(C)C.[Li+]. The van der Waals surface area contributed by atoms with Crippen molar-refractivity contribution in [3.63, 3.8) is 0 Å². The van der Waals surface area contributed by atoms with Crippen molar-refractivity contribution in [3.05, 3.63) is 36.8 Å². The first-order valence-corrected chi connectivity index (χ1v) is 6.47. The molecule has 0 fully saturated rings. The summed E-state index contributed by atoms with van der Waals surface area (Å²) in [4.78, 5) is 0. The van der Waals surface area contributed by atoms with Crippen LogP contribution >= 0.6 is 7.67 Å². The average Bonchev–Trinajstić information content (AvgIpc) is 2.20. The Hall–Kier alpha value is -0.363. The maximum absolute atomic E-state index is 12.5. The maximum atomic E-state index is 12.5. The van der Waals surface area contributed by atoms with Crippen molar-refractivity contribution in [1.29, 1.82) is 0 Å². The number of hydrogen-bond acceptors (Lipinski definition) is 2. The van der Waals surface area contributed by atoms with Gasteiger partial charge in [0.1, 0.15) is 0 Å². The zero-order valence-electron chi connectivity index (χ0n) is 11.2. The Morgan fingerprint density at radius 3 is 2.00 bits per heavy atom. The molecule has 0 spiro atoms. The van der Waals surface area contributed by atoms with E-state index in [9.17, 15) is 4.57 Å². The third kappa shape index (κ3) is 3.81. The molecule has 0 atom stereocenters. The van der Waals surface area contributed by atoms with Crippen molar-refractivity contribution >= 4 is 7.67 Å². The van der Waals surface area contributed by atoms with Crippen molar-refractivity contribution in [2.45, 2.75) is 0 Å². The molecule has 17 heavy (non-hydrogen) atoms. The Kier molecular flexibility index (Phi) is 6.40. The van der Waals surface area contributed by atoms with Gasteiger partial charge in [0.2, 0.25) is 0 Å². The quantitative estimate of drug-likeness (QED) is 0.408. The van der Waals surface area contributed by atoms with Crippen molar-refractivity contribution in [2.24, 2.45) is 0 Å². The van der Waals surface area contributed by atoms with Crippen LogP contribution in [0, 0.1) is 6.92 Å². The standard InChI is InChI=1S/C11H18N2O2P.Li/c1-10-8-6-7-9-11(10)15-16(14,12(2)3)13(4)5;/h6-9H,1H2,2-5H3;/q-1;+1. The molecule has 1 aromatic carbocycles. The van der Waals surface area contributed by atoms with E-state index in [1.807, 2.05) is 18.2 Å². The van der Waals surface area contributed by atoms with Crippen molar-refractivity contribution < 1.29 is 27.9 Å². The normalized spacial score (nSPS) is 11.4. The fourth-order valence-electron chi connectivity index (χ4n) is 1.24. The van der Waals surface area contributed by atoms with Gasteiger partial charge < -0.3 is 4.52 Å². The van der Waals surface area contributed by atoms with Crippen LogP contribution in [0.15, 0.2) is 24.3 Å². The molecule has 4 nitrogen and oxygen atoms in total. The van der Waals surface area contributed by atoms with E-state index in [2.05, 4.69) is 6.92 Å². The van der Waals surface area contributed by atoms with Crippen LogP contribution < -0.4 is 23.4 Å². The number of nitrogens with zero attached hydrogens (tertiary/aromatic N) is 2. The summed E-state index contributed by atoms with van der Waals surface area (Å²) in [5, 5.41) is 0. The molecule has 6 heteroatoms. The van der Waals surface area contributed by atoms with Crippen LogP contribution in [0.5, 0.6) is 5.75 Å². The van der Waals surface area contributed by atoms with Gasteiger partial charge in [-0.15, -0.1) is 6.07 Å². The van der Waals surface area contributed by atoms with Gasteiger partial charge in [0, 0.05) is 5.75 Å². The number of benzene rings is 1. The summed E-state index contributed by atoms with van der Waals surface area (Å²) >= 11 is 0. The minimum Gasteiger partial charge on any atom is -0.485 e. The molecule has 0 N–H and O–H groups in total. The molecule has 0 bridgehead atoms. The van der Waals surface area contributed by atoms with E-state index in [-0.39, 0.29) is 18.9 Å². The monoisotopic (exact) mass is 248 g/mol. The van der Waals surface area contributed by atoms with Gasteiger partial charge in [0.15, 0.2) is 0 Å². The van der Waals surface area contributed by atoms with E-state index in [4.69, 9.17) is 4.52 Å². The Morgan fingerprint density at radius 1 is 1.12 bits per heavy atom. The zero-order chi connectivity index (χ0) is 12.3. The minimum absolute atomic E-state index is 0. The molecule has 1 aromatic rings. The summed E-state index contributed by atoms with van der Waals surface area (Å²) in [7, 11) is 3.93. The molecule has 0 amide bonds. The van der Waals surface area contributed by atoms with Crippen molar-refractivity contribution in [1.82, 2.24) is 9.34 Å². The molecule has 0 saturated heterocycles. The molecule has 0 aliphatic heterocycles. The van der Waals surface area contributed by atoms with Crippen molar-refractivity contribution in [3.8, 4) is 5.75 Å². The molecular weight excluding hydrogens is 230 g/mol. The van der Waals surface area contributed by atoms with E-state index in [0.29, 0.717) is 5.75 Å². The van der Waals surface area contributed by atoms with Crippen LogP contribution in [0.25, 0.3) is 0 Å². The molecule has 1 rings (SSSR count). The average molecular weight is 248 g/mol.